The van der Waals surface area contributed by atoms with Gasteiger partial charge in [-0.3, -0.25) is 0 Å². The molecule has 5 rings (SSSR count). The first-order valence-electron chi connectivity index (χ1n) is 11.9. The monoisotopic (exact) mass is 523 g/mol. The SMILES string of the molecule is COc1ccc([C@@H]2N(S(=O)(=O)c3ccccc3)C[C@@H]3CCC=C[C@@]32S(=O)(=O)c2ccc(C)cc2)cc1. The first-order chi connectivity index (χ1) is 17.2. The minimum Gasteiger partial charge on any atom is -0.497 e. The van der Waals surface area contributed by atoms with E-state index in [0.717, 1.165) is 5.56 Å². The second kappa shape index (κ2) is 9.18. The van der Waals surface area contributed by atoms with Gasteiger partial charge in [-0.2, -0.15) is 4.31 Å². The Hall–Kier alpha value is -2.94. The second-order valence-corrected chi connectivity index (χ2v) is 13.5. The van der Waals surface area contributed by atoms with Crippen molar-refractivity contribution in [1.82, 2.24) is 4.31 Å². The normalized spacial score (nSPS) is 24.4. The summed E-state index contributed by atoms with van der Waals surface area (Å²) in [6.07, 6.45) is 4.92. The van der Waals surface area contributed by atoms with Gasteiger partial charge in [0, 0.05) is 6.54 Å². The molecule has 36 heavy (non-hydrogen) atoms. The number of ether oxygens (including phenoxy) is 1. The quantitative estimate of drug-likeness (QED) is 0.428. The lowest BCUT2D eigenvalue weighted by molar-refractivity contribution is 0.371. The molecule has 1 aliphatic heterocycles. The number of rotatable bonds is 6. The molecule has 3 aromatic carbocycles. The number of benzene rings is 3. The maximum absolute atomic E-state index is 14.5. The molecule has 0 unspecified atom stereocenters. The summed E-state index contributed by atoms with van der Waals surface area (Å²) in [5, 5.41) is 0. The van der Waals surface area contributed by atoms with Crippen molar-refractivity contribution in [3.05, 3.63) is 102 Å². The number of sulfone groups is 1. The molecule has 1 heterocycles. The Morgan fingerprint density at radius 2 is 1.53 bits per heavy atom. The summed E-state index contributed by atoms with van der Waals surface area (Å²) >= 11 is 0. The third kappa shape index (κ3) is 3.79. The van der Waals surface area contributed by atoms with Crippen LogP contribution in [0.1, 0.15) is 30.0 Å². The fourth-order valence-electron chi connectivity index (χ4n) is 5.58. The predicted molar refractivity (Wildman–Crippen MR) is 139 cm³/mol. The number of hydrogen-bond donors (Lipinski definition) is 0. The van der Waals surface area contributed by atoms with Crippen molar-refractivity contribution in [2.24, 2.45) is 5.92 Å². The van der Waals surface area contributed by atoms with E-state index in [9.17, 15) is 16.8 Å². The maximum Gasteiger partial charge on any atom is 0.243 e. The highest BCUT2D eigenvalue weighted by molar-refractivity contribution is 7.93. The van der Waals surface area contributed by atoms with Crippen LogP contribution in [-0.2, 0) is 19.9 Å². The summed E-state index contributed by atoms with van der Waals surface area (Å²) in [6, 6.07) is 21.1. The van der Waals surface area contributed by atoms with Crippen LogP contribution in [0, 0.1) is 12.8 Å². The van der Waals surface area contributed by atoms with Crippen LogP contribution in [0.15, 0.2) is 101 Å². The molecule has 0 spiro atoms. The number of allylic oxidation sites excluding steroid dienone is 1. The Kier molecular flexibility index (Phi) is 6.31. The van der Waals surface area contributed by atoms with Gasteiger partial charge in [-0.05, 0) is 67.6 Å². The molecule has 0 amide bonds. The average molecular weight is 524 g/mol. The van der Waals surface area contributed by atoms with E-state index in [0.29, 0.717) is 24.2 Å². The molecular weight excluding hydrogens is 494 g/mol. The summed E-state index contributed by atoms with van der Waals surface area (Å²) in [5.41, 5.74) is 1.56. The zero-order valence-corrected chi connectivity index (χ0v) is 21.9. The molecule has 1 saturated heterocycles. The molecule has 2 aliphatic rings. The topological polar surface area (TPSA) is 80.8 Å². The Labute approximate surface area is 213 Å². The molecule has 0 saturated carbocycles. The summed E-state index contributed by atoms with van der Waals surface area (Å²) in [7, 11) is -6.43. The third-order valence-corrected chi connectivity index (χ3v) is 11.8. The van der Waals surface area contributed by atoms with Crippen LogP contribution in [0.5, 0.6) is 5.75 Å². The Bertz CT molecular complexity index is 1480. The molecule has 8 heteroatoms. The lowest BCUT2D eigenvalue weighted by Gasteiger charge is -2.40. The van der Waals surface area contributed by atoms with Gasteiger partial charge in [-0.1, -0.05) is 60.2 Å². The van der Waals surface area contributed by atoms with E-state index in [1.54, 1.807) is 92.0 Å². The van der Waals surface area contributed by atoms with Gasteiger partial charge < -0.3 is 4.74 Å². The van der Waals surface area contributed by atoms with Crippen LogP contribution in [0.2, 0.25) is 0 Å². The summed E-state index contributed by atoms with van der Waals surface area (Å²) in [4.78, 5) is 0.344. The van der Waals surface area contributed by atoms with E-state index in [2.05, 4.69) is 0 Å². The van der Waals surface area contributed by atoms with E-state index >= 15 is 0 Å². The van der Waals surface area contributed by atoms with Crippen LogP contribution in [-0.4, -0.2) is 39.5 Å². The molecular formula is C28H29NO5S2. The molecule has 1 aliphatic carbocycles. The molecule has 3 atom stereocenters. The summed E-state index contributed by atoms with van der Waals surface area (Å²) in [6.45, 7) is 2.02. The van der Waals surface area contributed by atoms with Crippen LogP contribution >= 0.6 is 0 Å². The van der Waals surface area contributed by atoms with Gasteiger partial charge in [0.15, 0.2) is 9.84 Å². The molecule has 6 nitrogen and oxygen atoms in total. The number of nitrogens with zero attached hydrogens (tertiary/aromatic N) is 1. The van der Waals surface area contributed by atoms with Crippen LogP contribution in [0.3, 0.4) is 0 Å². The van der Waals surface area contributed by atoms with Crippen molar-refractivity contribution in [3.8, 4) is 5.75 Å². The number of sulfonamides is 1. The van der Waals surface area contributed by atoms with Gasteiger partial charge in [0.2, 0.25) is 10.0 Å². The minimum atomic E-state index is -3.99. The van der Waals surface area contributed by atoms with Gasteiger partial charge in [0.05, 0.1) is 22.9 Å². The zero-order valence-electron chi connectivity index (χ0n) is 20.2. The molecule has 0 N–H and O–H groups in total. The van der Waals surface area contributed by atoms with Crippen LogP contribution < -0.4 is 4.74 Å². The summed E-state index contributed by atoms with van der Waals surface area (Å²) < 4.78 is 62.3. The fourth-order valence-corrected chi connectivity index (χ4v) is 9.73. The van der Waals surface area contributed by atoms with E-state index in [4.69, 9.17) is 4.74 Å². The van der Waals surface area contributed by atoms with Crippen molar-refractivity contribution < 1.29 is 21.6 Å². The number of fused-ring (bicyclic) bond motifs is 1. The number of hydrogen-bond acceptors (Lipinski definition) is 5. The molecule has 3 aromatic rings. The highest BCUT2D eigenvalue weighted by Crippen LogP contribution is 2.56. The zero-order chi connectivity index (χ0) is 25.6. The van der Waals surface area contributed by atoms with E-state index in [-0.39, 0.29) is 16.3 Å². The van der Waals surface area contributed by atoms with E-state index < -0.39 is 36.6 Å². The van der Waals surface area contributed by atoms with Crippen LogP contribution in [0.25, 0.3) is 0 Å². The fraction of sp³-hybridized carbons (Fsp3) is 0.286. The van der Waals surface area contributed by atoms with Gasteiger partial charge in [0.1, 0.15) is 10.5 Å². The smallest absolute Gasteiger partial charge is 0.243 e. The highest BCUT2D eigenvalue weighted by atomic mass is 32.2. The predicted octanol–water partition coefficient (Wildman–Crippen LogP) is 4.93. The van der Waals surface area contributed by atoms with Crippen molar-refractivity contribution in [1.29, 1.82) is 0 Å². The first kappa shape index (κ1) is 24.7. The first-order valence-corrected chi connectivity index (χ1v) is 14.8. The van der Waals surface area contributed by atoms with Gasteiger partial charge >= 0.3 is 0 Å². The third-order valence-electron chi connectivity index (χ3n) is 7.39. The van der Waals surface area contributed by atoms with Crippen molar-refractivity contribution >= 4 is 19.9 Å². The van der Waals surface area contributed by atoms with Crippen molar-refractivity contribution in [2.75, 3.05) is 13.7 Å². The van der Waals surface area contributed by atoms with Crippen molar-refractivity contribution in [2.45, 2.75) is 40.3 Å². The molecule has 1 fully saturated rings. The van der Waals surface area contributed by atoms with Gasteiger partial charge in [-0.15, -0.1) is 0 Å². The van der Waals surface area contributed by atoms with Gasteiger partial charge in [0.25, 0.3) is 0 Å². The Balaban J connectivity index is 1.77. The van der Waals surface area contributed by atoms with E-state index in [1.165, 1.54) is 4.31 Å². The molecule has 188 valence electrons. The largest absolute Gasteiger partial charge is 0.497 e. The summed E-state index contributed by atoms with van der Waals surface area (Å²) in [5.74, 6) is 0.208. The lowest BCUT2D eigenvalue weighted by Crippen LogP contribution is -2.48. The molecule has 0 radical (unpaired) electrons. The molecule has 0 bridgehead atoms. The average Bonchev–Trinajstić information content (AvgIpc) is 3.27. The van der Waals surface area contributed by atoms with Crippen LogP contribution in [0.4, 0.5) is 0 Å². The second-order valence-electron chi connectivity index (χ2n) is 9.41. The maximum atomic E-state index is 14.5. The van der Waals surface area contributed by atoms with Crippen molar-refractivity contribution in [3.63, 3.8) is 0 Å². The Morgan fingerprint density at radius 3 is 2.17 bits per heavy atom. The highest BCUT2D eigenvalue weighted by Gasteiger charge is 2.64. The van der Waals surface area contributed by atoms with E-state index in [1.807, 2.05) is 13.0 Å². The van der Waals surface area contributed by atoms with Gasteiger partial charge in [-0.25, -0.2) is 16.8 Å². The minimum absolute atomic E-state index is 0.114. The number of aryl methyl sites for hydroxylation is 1. The number of methoxy groups -OCH3 is 1. The lowest BCUT2D eigenvalue weighted by atomic mass is 9.80. The Morgan fingerprint density at radius 1 is 0.861 bits per heavy atom. The standard InChI is InChI=1S/C28H29NO5S2/c1-21-11-17-25(18-12-21)35(30,31)28-19-7-6-8-23(28)20-29(36(32,33)26-9-4-3-5-10-26)27(28)22-13-15-24(34-2)16-14-22/h3-5,7,9-19,23,27H,6,8,20H2,1-2H3/t23-,27-,28+/m0/s1. The molecule has 0 aromatic heterocycles.